The topological polar surface area (TPSA) is 58.9 Å². The van der Waals surface area contributed by atoms with Crippen LogP contribution >= 0.6 is 11.3 Å². The van der Waals surface area contributed by atoms with Crippen LogP contribution in [0, 0.1) is 10.1 Å². The number of nitrogens with zero attached hydrogens (tertiary/aromatic N) is 3. The van der Waals surface area contributed by atoms with Crippen molar-refractivity contribution in [1.82, 2.24) is 4.90 Å². The van der Waals surface area contributed by atoms with Gasteiger partial charge in [-0.25, -0.2) is 0 Å². The number of fused-ring (bicyclic) bond motifs is 1. The van der Waals surface area contributed by atoms with E-state index in [4.69, 9.17) is 4.74 Å². The van der Waals surface area contributed by atoms with Gasteiger partial charge in [-0.3, -0.25) is 15.0 Å². The van der Waals surface area contributed by atoms with Gasteiger partial charge in [0.1, 0.15) is 5.75 Å². The Morgan fingerprint density at radius 2 is 1.89 bits per heavy atom. The summed E-state index contributed by atoms with van der Waals surface area (Å²) in [7, 11) is 0. The van der Waals surface area contributed by atoms with Crippen molar-refractivity contribution in [2.75, 3.05) is 44.2 Å². The third-order valence-corrected chi connectivity index (χ3v) is 5.98. The van der Waals surface area contributed by atoms with Crippen molar-refractivity contribution >= 4 is 32.8 Å². The molecule has 1 aromatic heterocycles. The van der Waals surface area contributed by atoms with Crippen LogP contribution in [0.15, 0.2) is 53.9 Å². The molecule has 4 rings (SSSR count). The Labute approximate surface area is 168 Å². The first-order chi connectivity index (χ1) is 13.7. The molecular formula is C21H23N3O3S. The van der Waals surface area contributed by atoms with Gasteiger partial charge in [-0.1, -0.05) is 12.1 Å². The van der Waals surface area contributed by atoms with E-state index in [1.165, 1.54) is 27.9 Å². The summed E-state index contributed by atoms with van der Waals surface area (Å²) in [6, 6.07) is 15.1. The van der Waals surface area contributed by atoms with Crippen LogP contribution in [0.1, 0.15) is 6.42 Å². The number of hydrogen-bond acceptors (Lipinski definition) is 6. The number of non-ortho nitro benzene ring substituents is 1. The summed E-state index contributed by atoms with van der Waals surface area (Å²) in [6.45, 7) is 5.68. The summed E-state index contributed by atoms with van der Waals surface area (Å²) < 4.78 is 7.02. The van der Waals surface area contributed by atoms with Gasteiger partial charge in [0, 0.05) is 54.6 Å². The maximum Gasteiger partial charge on any atom is 0.273 e. The lowest BCUT2D eigenvalue weighted by Crippen LogP contribution is -2.46. The predicted octanol–water partition coefficient (Wildman–Crippen LogP) is 4.40. The fraction of sp³-hybridized carbons (Fsp3) is 0.333. The largest absolute Gasteiger partial charge is 0.493 e. The van der Waals surface area contributed by atoms with Crippen LogP contribution in [0.5, 0.6) is 5.75 Å². The van der Waals surface area contributed by atoms with Gasteiger partial charge in [0.25, 0.3) is 5.69 Å². The van der Waals surface area contributed by atoms with Gasteiger partial charge >= 0.3 is 0 Å². The molecule has 0 atom stereocenters. The third-order valence-electron chi connectivity index (χ3n) is 5.10. The van der Waals surface area contributed by atoms with Crippen LogP contribution in [-0.4, -0.2) is 49.2 Å². The Kier molecular flexibility index (Phi) is 5.73. The smallest absolute Gasteiger partial charge is 0.273 e. The number of thiophene rings is 1. The van der Waals surface area contributed by atoms with Gasteiger partial charge < -0.3 is 9.64 Å². The van der Waals surface area contributed by atoms with E-state index in [2.05, 4.69) is 39.4 Å². The van der Waals surface area contributed by atoms with E-state index >= 15 is 0 Å². The summed E-state index contributed by atoms with van der Waals surface area (Å²) in [4.78, 5) is 15.4. The van der Waals surface area contributed by atoms with Gasteiger partial charge in [-0.15, -0.1) is 11.3 Å². The van der Waals surface area contributed by atoms with Crippen LogP contribution in [0.25, 0.3) is 10.1 Å². The Hall–Kier alpha value is -2.64. The van der Waals surface area contributed by atoms with E-state index in [1.807, 2.05) is 0 Å². The van der Waals surface area contributed by atoms with Crippen molar-refractivity contribution in [3.05, 3.63) is 64.0 Å². The highest BCUT2D eigenvalue weighted by Crippen LogP contribution is 2.31. The zero-order valence-corrected chi connectivity index (χ0v) is 16.4. The van der Waals surface area contributed by atoms with Crippen LogP contribution in [0.2, 0.25) is 0 Å². The van der Waals surface area contributed by atoms with Crippen LogP contribution in [0.4, 0.5) is 11.4 Å². The summed E-state index contributed by atoms with van der Waals surface area (Å²) >= 11 is 1.79. The molecule has 1 aliphatic heterocycles. The van der Waals surface area contributed by atoms with Crippen LogP contribution in [-0.2, 0) is 0 Å². The van der Waals surface area contributed by atoms with Crippen molar-refractivity contribution in [1.29, 1.82) is 0 Å². The lowest BCUT2D eigenvalue weighted by Gasteiger charge is -2.36. The van der Waals surface area contributed by atoms with Gasteiger partial charge in [0.2, 0.25) is 0 Å². The van der Waals surface area contributed by atoms with Gasteiger partial charge in [-0.05, 0) is 36.1 Å². The Balaban J connectivity index is 1.22. The average molecular weight is 398 g/mol. The number of nitro groups is 1. The second-order valence-corrected chi connectivity index (χ2v) is 7.84. The molecule has 2 heterocycles. The zero-order chi connectivity index (χ0) is 19.3. The molecule has 1 fully saturated rings. The molecule has 7 heteroatoms. The first-order valence-corrected chi connectivity index (χ1v) is 10.4. The average Bonchev–Trinajstić information content (AvgIpc) is 3.21. The monoisotopic (exact) mass is 397 g/mol. The molecule has 3 aromatic rings. The molecule has 0 bridgehead atoms. The predicted molar refractivity (Wildman–Crippen MR) is 114 cm³/mol. The molecular weight excluding hydrogens is 374 g/mol. The molecule has 28 heavy (non-hydrogen) atoms. The number of nitro benzene ring substituents is 1. The molecule has 6 nitrogen and oxygen atoms in total. The Bertz CT molecular complexity index is 951. The van der Waals surface area contributed by atoms with E-state index in [-0.39, 0.29) is 5.69 Å². The normalized spacial score (nSPS) is 15.1. The van der Waals surface area contributed by atoms with E-state index in [1.54, 1.807) is 23.5 Å². The van der Waals surface area contributed by atoms with E-state index < -0.39 is 4.92 Å². The van der Waals surface area contributed by atoms with Crippen molar-refractivity contribution in [2.24, 2.45) is 0 Å². The highest BCUT2D eigenvalue weighted by atomic mass is 32.1. The SMILES string of the molecule is O=[N+]([O-])c1cccc(OCCCN2CCN(c3cccc4sccc34)CC2)c1. The van der Waals surface area contributed by atoms with Crippen molar-refractivity contribution < 1.29 is 9.66 Å². The second kappa shape index (κ2) is 8.58. The van der Waals surface area contributed by atoms with Crippen molar-refractivity contribution in [2.45, 2.75) is 6.42 Å². The van der Waals surface area contributed by atoms with E-state index in [0.717, 1.165) is 39.1 Å². The van der Waals surface area contributed by atoms with Gasteiger partial charge in [0.05, 0.1) is 17.6 Å². The second-order valence-electron chi connectivity index (χ2n) is 6.89. The molecule has 0 amide bonds. The first kappa shape index (κ1) is 18.7. The van der Waals surface area contributed by atoms with Gasteiger partial charge in [-0.2, -0.15) is 0 Å². The van der Waals surface area contributed by atoms with Crippen LogP contribution in [0.3, 0.4) is 0 Å². The summed E-state index contributed by atoms with van der Waals surface area (Å²) in [6.07, 6.45) is 0.906. The number of piperazine rings is 1. The quantitative estimate of drug-likeness (QED) is 0.336. The molecule has 0 N–H and O–H groups in total. The Morgan fingerprint density at radius 1 is 1.07 bits per heavy atom. The fourth-order valence-corrected chi connectivity index (χ4v) is 4.44. The molecule has 0 saturated carbocycles. The van der Waals surface area contributed by atoms with Crippen molar-refractivity contribution in [3.8, 4) is 5.75 Å². The minimum atomic E-state index is -0.400. The maximum atomic E-state index is 10.8. The molecule has 1 saturated heterocycles. The summed E-state index contributed by atoms with van der Waals surface area (Å²) in [5, 5.41) is 14.3. The molecule has 0 aliphatic carbocycles. The third kappa shape index (κ3) is 4.26. The molecule has 0 spiro atoms. The maximum absolute atomic E-state index is 10.8. The molecule has 2 aromatic carbocycles. The number of benzene rings is 2. The van der Waals surface area contributed by atoms with E-state index in [0.29, 0.717) is 12.4 Å². The Morgan fingerprint density at radius 3 is 2.71 bits per heavy atom. The number of hydrogen-bond donors (Lipinski definition) is 0. The number of anilines is 1. The lowest BCUT2D eigenvalue weighted by atomic mass is 10.2. The fourth-order valence-electron chi connectivity index (χ4n) is 3.63. The molecule has 146 valence electrons. The number of ether oxygens (including phenoxy) is 1. The van der Waals surface area contributed by atoms with E-state index in [9.17, 15) is 10.1 Å². The molecule has 0 unspecified atom stereocenters. The van der Waals surface area contributed by atoms with Crippen molar-refractivity contribution in [3.63, 3.8) is 0 Å². The minimum absolute atomic E-state index is 0.0641. The highest BCUT2D eigenvalue weighted by Gasteiger charge is 2.18. The van der Waals surface area contributed by atoms with Crippen LogP contribution < -0.4 is 9.64 Å². The summed E-state index contributed by atoms with van der Waals surface area (Å²) in [5.74, 6) is 0.558. The van der Waals surface area contributed by atoms with Gasteiger partial charge in [0.15, 0.2) is 0 Å². The summed E-state index contributed by atoms with van der Waals surface area (Å²) in [5.41, 5.74) is 1.40. The first-order valence-electron chi connectivity index (χ1n) is 9.51. The number of rotatable bonds is 7. The standard InChI is InChI=1S/C21H23N3O3S/c25-24(26)17-4-1-5-18(16-17)27-14-3-9-22-10-12-23(13-11-22)20-6-2-7-21-19(20)8-15-28-21/h1-2,4-8,15-16H,3,9-14H2. The molecule has 0 radical (unpaired) electrons. The minimum Gasteiger partial charge on any atom is -0.493 e. The highest BCUT2D eigenvalue weighted by molar-refractivity contribution is 7.17. The zero-order valence-electron chi connectivity index (χ0n) is 15.6. The molecule has 1 aliphatic rings. The lowest BCUT2D eigenvalue weighted by molar-refractivity contribution is -0.384.